The summed E-state index contributed by atoms with van der Waals surface area (Å²) in [5, 5.41) is 6.33. The van der Waals surface area contributed by atoms with E-state index >= 15 is 0 Å². The highest BCUT2D eigenvalue weighted by Gasteiger charge is 2.35. The van der Waals surface area contributed by atoms with Crippen molar-refractivity contribution in [3.63, 3.8) is 0 Å². The van der Waals surface area contributed by atoms with E-state index in [-0.39, 0.29) is 37.1 Å². The first-order chi connectivity index (χ1) is 18.9. The molecule has 0 bridgehead atoms. The summed E-state index contributed by atoms with van der Waals surface area (Å²) in [6.07, 6.45) is 0.531. The fourth-order valence-corrected chi connectivity index (χ4v) is 5.03. The minimum absolute atomic E-state index is 0.0399. The van der Waals surface area contributed by atoms with Crippen molar-refractivity contribution < 1.29 is 28.5 Å². The Bertz CT molecular complexity index is 1210. The molecule has 1 saturated heterocycles. The lowest BCUT2D eigenvalue weighted by Crippen LogP contribution is -2.47. The number of hydrogen-bond donors (Lipinski definition) is 0. The highest BCUT2D eigenvalue weighted by atomic mass is 16.7. The molecular formula is C29H36N4O6. The third-order valence-electron chi connectivity index (χ3n) is 7.29. The van der Waals surface area contributed by atoms with Crippen LogP contribution in [0.15, 0.2) is 47.6 Å². The molecular weight excluding hydrogens is 500 g/mol. The predicted molar refractivity (Wildman–Crippen MR) is 145 cm³/mol. The van der Waals surface area contributed by atoms with Crippen LogP contribution >= 0.6 is 0 Å². The molecule has 39 heavy (non-hydrogen) atoms. The average Bonchev–Trinajstić information content (AvgIpc) is 3.62. The largest absolute Gasteiger partial charge is 0.497 e. The third-order valence-corrected chi connectivity index (χ3v) is 7.29. The van der Waals surface area contributed by atoms with Gasteiger partial charge in [0.2, 0.25) is 12.7 Å². The Hall–Kier alpha value is -3.63. The van der Waals surface area contributed by atoms with Gasteiger partial charge in [0.05, 0.1) is 32.1 Å². The van der Waals surface area contributed by atoms with Crippen LogP contribution in [0.5, 0.6) is 17.2 Å². The number of carbonyl (C=O) groups is 2. The van der Waals surface area contributed by atoms with Crippen LogP contribution in [0.25, 0.3) is 0 Å². The average molecular weight is 537 g/mol. The maximum absolute atomic E-state index is 13.8. The molecule has 3 aliphatic heterocycles. The summed E-state index contributed by atoms with van der Waals surface area (Å²) in [7, 11) is 1.63. The summed E-state index contributed by atoms with van der Waals surface area (Å²) in [5.74, 6) is 1.60. The number of methoxy groups -OCH3 is 1. The van der Waals surface area contributed by atoms with E-state index in [2.05, 4.69) is 4.90 Å². The molecule has 208 valence electrons. The normalized spacial score (nSPS) is 18.8. The SMILES string of the molecule is COc1ccc(C2=NN(C(=O)CN(CCN3CCOCC3)C(=O)C(C)C)[C@H](c3ccc4c(c3)OCO4)C2)cc1. The van der Waals surface area contributed by atoms with Gasteiger partial charge in [-0.25, -0.2) is 5.01 Å². The van der Waals surface area contributed by atoms with Gasteiger partial charge in [0.1, 0.15) is 12.3 Å². The highest BCUT2D eigenvalue weighted by molar-refractivity contribution is 6.03. The smallest absolute Gasteiger partial charge is 0.262 e. The van der Waals surface area contributed by atoms with Gasteiger partial charge in [0.25, 0.3) is 5.91 Å². The molecule has 2 aromatic carbocycles. The summed E-state index contributed by atoms with van der Waals surface area (Å²) in [6.45, 7) is 8.05. The van der Waals surface area contributed by atoms with E-state index in [9.17, 15) is 9.59 Å². The van der Waals surface area contributed by atoms with Gasteiger partial charge in [-0.2, -0.15) is 5.10 Å². The van der Waals surface area contributed by atoms with Crippen molar-refractivity contribution in [3.05, 3.63) is 53.6 Å². The highest BCUT2D eigenvalue weighted by Crippen LogP contribution is 2.39. The molecule has 2 aromatic rings. The van der Waals surface area contributed by atoms with E-state index in [0.717, 1.165) is 35.7 Å². The molecule has 1 fully saturated rings. The zero-order chi connectivity index (χ0) is 27.4. The number of amides is 2. The van der Waals surface area contributed by atoms with Gasteiger partial charge in [-0.1, -0.05) is 19.9 Å². The third kappa shape index (κ3) is 6.17. The fraction of sp³-hybridized carbons (Fsp3) is 0.483. The number of rotatable bonds is 9. The lowest BCUT2D eigenvalue weighted by atomic mass is 9.98. The number of benzene rings is 2. The summed E-state index contributed by atoms with van der Waals surface area (Å²) in [6, 6.07) is 13.0. The number of carbonyl (C=O) groups excluding carboxylic acids is 2. The van der Waals surface area contributed by atoms with Crippen molar-refractivity contribution in [1.29, 1.82) is 0 Å². The monoisotopic (exact) mass is 536 g/mol. The zero-order valence-corrected chi connectivity index (χ0v) is 22.8. The molecule has 3 aliphatic rings. The van der Waals surface area contributed by atoms with Gasteiger partial charge >= 0.3 is 0 Å². The molecule has 0 spiro atoms. The Labute approximate surface area is 229 Å². The van der Waals surface area contributed by atoms with Crippen LogP contribution in [0.1, 0.15) is 37.4 Å². The Morgan fingerprint density at radius 3 is 2.54 bits per heavy atom. The van der Waals surface area contributed by atoms with Crippen LogP contribution in [0.4, 0.5) is 0 Å². The lowest BCUT2D eigenvalue weighted by Gasteiger charge is -2.31. The molecule has 5 rings (SSSR count). The fourth-order valence-electron chi connectivity index (χ4n) is 5.03. The van der Waals surface area contributed by atoms with Crippen LogP contribution in [-0.4, -0.2) is 92.2 Å². The molecule has 0 N–H and O–H groups in total. The van der Waals surface area contributed by atoms with E-state index in [4.69, 9.17) is 24.0 Å². The molecule has 0 unspecified atom stereocenters. The quantitative estimate of drug-likeness (QED) is 0.487. The van der Waals surface area contributed by atoms with E-state index in [1.165, 1.54) is 5.01 Å². The van der Waals surface area contributed by atoms with E-state index in [1.54, 1.807) is 12.0 Å². The Balaban J connectivity index is 1.39. The molecule has 0 saturated carbocycles. The second-order valence-corrected chi connectivity index (χ2v) is 10.2. The van der Waals surface area contributed by atoms with Crippen molar-refractivity contribution in [2.24, 2.45) is 11.0 Å². The number of nitrogens with zero attached hydrogens (tertiary/aromatic N) is 4. The Morgan fingerprint density at radius 1 is 1.08 bits per heavy atom. The van der Waals surface area contributed by atoms with Gasteiger partial charge in [-0.05, 0) is 47.5 Å². The molecule has 0 aliphatic carbocycles. The van der Waals surface area contributed by atoms with Crippen molar-refractivity contribution >= 4 is 17.5 Å². The molecule has 10 heteroatoms. The topological polar surface area (TPSA) is 93.1 Å². The molecule has 1 atom stereocenters. The number of morpholine rings is 1. The van der Waals surface area contributed by atoms with Gasteiger partial charge in [0.15, 0.2) is 11.5 Å². The molecule has 10 nitrogen and oxygen atoms in total. The van der Waals surface area contributed by atoms with Gasteiger partial charge in [-0.15, -0.1) is 0 Å². The van der Waals surface area contributed by atoms with Crippen LogP contribution in [0.2, 0.25) is 0 Å². The minimum atomic E-state index is -0.334. The summed E-state index contributed by atoms with van der Waals surface area (Å²) < 4.78 is 21.8. The maximum Gasteiger partial charge on any atom is 0.262 e. The number of ether oxygens (including phenoxy) is 4. The van der Waals surface area contributed by atoms with Crippen molar-refractivity contribution in [2.45, 2.75) is 26.3 Å². The van der Waals surface area contributed by atoms with E-state index < -0.39 is 0 Å². The molecule has 0 radical (unpaired) electrons. The Kier molecular flexibility index (Phi) is 8.33. The molecule has 3 heterocycles. The molecule has 2 amide bonds. The van der Waals surface area contributed by atoms with E-state index in [0.29, 0.717) is 44.2 Å². The second-order valence-electron chi connectivity index (χ2n) is 10.2. The minimum Gasteiger partial charge on any atom is -0.497 e. The summed E-state index contributed by atoms with van der Waals surface area (Å²) in [4.78, 5) is 30.9. The first-order valence-electron chi connectivity index (χ1n) is 13.5. The predicted octanol–water partition coefficient (Wildman–Crippen LogP) is 2.92. The van der Waals surface area contributed by atoms with Crippen molar-refractivity contribution in [1.82, 2.24) is 14.8 Å². The van der Waals surface area contributed by atoms with Crippen LogP contribution in [0.3, 0.4) is 0 Å². The van der Waals surface area contributed by atoms with Crippen LogP contribution in [0, 0.1) is 5.92 Å². The summed E-state index contributed by atoms with van der Waals surface area (Å²) in [5.41, 5.74) is 2.61. The maximum atomic E-state index is 13.8. The van der Waals surface area contributed by atoms with Gasteiger partial charge < -0.3 is 23.8 Å². The Morgan fingerprint density at radius 2 is 1.82 bits per heavy atom. The van der Waals surface area contributed by atoms with Gasteiger partial charge in [-0.3, -0.25) is 14.5 Å². The number of hydrazone groups is 1. The van der Waals surface area contributed by atoms with Crippen LogP contribution < -0.4 is 14.2 Å². The standard InChI is InChI=1S/C29H36N4O6/c1-20(2)29(35)32(11-10-31-12-14-37-15-13-31)18-28(34)33-25(22-6-9-26-27(16-22)39-19-38-26)17-24(30-33)21-4-7-23(36-3)8-5-21/h4-9,16,20,25H,10-15,17-19H2,1-3H3/t25-/m0/s1. The van der Waals surface area contributed by atoms with E-state index in [1.807, 2.05) is 56.3 Å². The first kappa shape index (κ1) is 27.0. The number of fused-ring (bicyclic) bond motifs is 1. The lowest BCUT2D eigenvalue weighted by molar-refractivity contribution is -0.143. The van der Waals surface area contributed by atoms with Crippen LogP contribution in [-0.2, 0) is 14.3 Å². The zero-order valence-electron chi connectivity index (χ0n) is 22.8. The second kappa shape index (κ2) is 12.0. The number of hydrogen-bond acceptors (Lipinski definition) is 8. The van der Waals surface area contributed by atoms with Gasteiger partial charge in [0, 0.05) is 38.5 Å². The molecule has 0 aromatic heterocycles. The van der Waals surface area contributed by atoms with Crippen molar-refractivity contribution in [2.75, 3.05) is 59.8 Å². The summed E-state index contributed by atoms with van der Waals surface area (Å²) >= 11 is 0. The van der Waals surface area contributed by atoms with Crippen molar-refractivity contribution in [3.8, 4) is 17.2 Å². The first-order valence-corrected chi connectivity index (χ1v) is 13.5.